The van der Waals surface area contributed by atoms with E-state index in [0.717, 1.165) is 37.0 Å². The average Bonchev–Trinajstić information content (AvgIpc) is 3.24. The zero-order valence-corrected chi connectivity index (χ0v) is 17.3. The van der Waals surface area contributed by atoms with Crippen LogP contribution in [-0.4, -0.2) is 37.3 Å². The summed E-state index contributed by atoms with van der Waals surface area (Å²) >= 11 is 1.78. The van der Waals surface area contributed by atoms with Crippen LogP contribution >= 0.6 is 11.8 Å². The summed E-state index contributed by atoms with van der Waals surface area (Å²) in [6.07, 6.45) is 6.61. The third-order valence-corrected chi connectivity index (χ3v) is 5.63. The minimum atomic E-state index is 0.705. The second kappa shape index (κ2) is 9.65. The highest BCUT2D eigenvalue weighted by Crippen LogP contribution is 2.21. The van der Waals surface area contributed by atoms with E-state index in [2.05, 4.69) is 69.0 Å². The van der Waals surface area contributed by atoms with E-state index in [1.807, 2.05) is 6.20 Å². The number of pyridine rings is 1. The van der Waals surface area contributed by atoms with Crippen LogP contribution in [0.15, 0.2) is 46.4 Å². The van der Waals surface area contributed by atoms with Gasteiger partial charge in [0.25, 0.3) is 0 Å². The largest absolute Gasteiger partial charge is 0.357 e. The van der Waals surface area contributed by atoms with Crippen LogP contribution in [0.5, 0.6) is 0 Å². The Kier molecular flexibility index (Phi) is 6.98. The maximum absolute atomic E-state index is 4.61. The Balaban J connectivity index is 1.52. The third kappa shape index (κ3) is 5.39. The Morgan fingerprint density at radius 3 is 2.59 bits per heavy atom. The fraction of sp³-hybridized carbons (Fsp3) is 0.429. The Hall–Kier alpha value is -2.21. The Morgan fingerprint density at radius 2 is 1.93 bits per heavy atom. The molecule has 0 spiro atoms. The van der Waals surface area contributed by atoms with Gasteiger partial charge in [0, 0.05) is 44.3 Å². The highest BCUT2D eigenvalue weighted by molar-refractivity contribution is 7.98. The molecule has 2 N–H and O–H groups in total. The molecule has 1 fully saturated rings. The van der Waals surface area contributed by atoms with E-state index < -0.39 is 0 Å². The summed E-state index contributed by atoms with van der Waals surface area (Å²) in [6, 6.07) is 10.8. The summed E-state index contributed by atoms with van der Waals surface area (Å²) in [6.45, 7) is 5.83. The number of aromatic nitrogens is 1. The molecule has 1 aliphatic rings. The van der Waals surface area contributed by atoms with Crippen molar-refractivity contribution in [3.63, 3.8) is 0 Å². The van der Waals surface area contributed by atoms with Gasteiger partial charge in [-0.3, -0.25) is 4.99 Å². The standard InChI is InChI=1S/C21H29N5S/c1-16-6-8-18(19(12-16)27-3)15-25-21(22-2)24-14-17-7-9-20(23-13-17)26-10-4-5-11-26/h6-9,12-13H,4-5,10-11,14-15H2,1-3H3,(H2,22,24,25). The molecule has 27 heavy (non-hydrogen) atoms. The van der Waals surface area contributed by atoms with Gasteiger partial charge < -0.3 is 15.5 Å². The highest BCUT2D eigenvalue weighted by Gasteiger charge is 2.13. The van der Waals surface area contributed by atoms with E-state index in [9.17, 15) is 0 Å². The van der Waals surface area contributed by atoms with Crippen molar-refractivity contribution in [2.45, 2.75) is 37.8 Å². The Labute approximate surface area is 166 Å². The van der Waals surface area contributed by atoms with Crippen LogP contribution in [0.4, 0.5) is 5.82 Å². The first-order valence-corrected chi connectivity index (χ1v) is 10.7. The number of benzene rings is 1. The summed E-state index contributed by atoms with van der Waals surface area (Å²) in [4.78, 5) is 12.6. The number of hydrogen-bond donors (Lipinski definition) is 2. The molecule has 3 rings (SSSR count). The number of guanidine groups is 1. The van der Waals surface area contributed by atoms with Crippen LogP contribution in [0.3, 0.4) is 0 Å². The SMILES string of the molecule is CN=C(NCc1ccc(N2CCCC2)nc1)NCc1ccc(C)cc1SC. The van der Waals surface area contributed by atoms with Gasteiger partial charge >= 0.3 is 0 Å². The maximum atomic E-state index is 4.61. The minimum Gasteiger partial charge on any atom is -0.357 e. The molecule has 2 aromatic rings. The average molecular weight is 384 g/mol. The van der Waals surface area contributed by atoms with Crippen molar-refractivity contribution in [1.29, 1.82) is 0 Å². The molecule has 0 amide bonds. The number of hydrogen-bond acceptors (Lipinski definition) is 4. The maximum Gasteiger partial charge on any atom is 0.191 e. The molecule has 1 saturated heterocycles. The van der Waals surface area contributed by atoms with Crippen LogP contribution in [0, 0.1) is 6.92 Å². The molecular formula is C21H29N5S. The molecule has 1 aliphatic heterocycles. The summed E-state index contributed by atoms with van der Waals surface area (Å²) in [5.41, 5.74) is 3.73. The van der Waals surface area contributed by atoms with Crippen molar-refractivity contribution in [2.24, 2.45) is 4.99 Å². The summed E-state index contributed by atoms with van der Waals surface area (Å²) in [5.74, 6) is 1.88. The Bertz CT molecular complexity index is 767. The van der Waals surface area contributed by atoms with Crippen molar-refractivity contribution < 1.29 is 0 Å². The molecule has 5 nitrogen and oxygen atoms in total. The number of nitrogens with zero attached hydrogens (tertiary/aromatic N) is 3. The zero-order chi connectivity index (χ0) is 19.1. The Morgan fingerprint density at radius 1 is 1.15 bits per heavy atom. The number of aliphatic imine (C=N–C) groups is 1. The number of nitrogens with one attached hydrogen (secondary N) is 2. The van der Waals surface area contributed by atoms with Crippen molar-refractivity contribution in [2.75, 3.05) is 31.3 Å². The molecule has 1 aromatic carbocycles. The second-order valence-electron chi connectivity index (χ2n) is 6.81. The molecule has 2 heterocycles. The molecular weight excluding hydrogens is 354 g/mol. The van der Waals surface area contributed by atoms with Crippen molar-refractivity contribution in [3.05, 3.63) is 53.2 Å². The normalized spacial score (nSPS) is 14.5. The van der Waals surface area contributed by atoms with E-state index in [-0.39, 0.29) is 0 Å². The number of anilines is 1. The third-order valence-electron chi connectivity index (χ3n) is 4.81. The summed E-state index contributed by atoms with van der Waals surface area (Å²) in [7, 11) is 1.80. The first-order chi connectivity index (χ1) is 13.2. The van der Waals surface area contributed by atoms with Gasteiger partial charge in [-0.15, -0.1) is 11.8 Å². The van der Waals surface area contributed by atoms with Gasteiger partial charge in [0.05, 0.1) is 0 Å². The quantitative estimate of drug-likeness (QED) is 0.454. The molecule has 0 unspecified atom stereocenters. The first kappa shape index (κ1) is 19.5. The van der Waals surface area contributed by atoms with E-state index in [4.69, 9.17) is 0 Å². The number of aryl methyl sites for hydroxylation is 1. The van der Waals surface area contributed by atoms with Crippen molar-refractivity contribution in [1.82, 2.24) is 15.6 Å². The van der Waals surface area contributed by atoms with E-state index in [1.165, 1.54) is 28.9 Å². The van der Waals surface area contributed by atoms with Crippen LogP contribution in [0.2, 0.25) is 0 Å². The first-order valence-electron chi connectivity index (χ1n) is 9.47. The number of thioether (sulfide) groups is 1. The second-order valence-corrected chi connectivity index (χ2v) is 7.66. The summed E-state index contributed by atoms with van der Waals surface area (Å²) in [5, 5.41) is 6.78. The molecule has 0 saturated carbocycles. The topological polar surface area (TPSA) is 52.6 Å². The lowest BCUT2D eigenvalue weighted by atomic mass is 10.1. The van der Waals surface area contributed by atoms with Gasteiger partial charge in [-0.25, -0.2) is 4.98 Å². The molecule has 144 valence electrons. The minimum absolute atomic E-state index is 0.705. The lowest BCUT2D eigenvalue weighted by Gasteiger charge is -2.17. The monoisotopic (exact) mass is 383 g/mol. The van der Waals surface area contributed by atoms with Crippen LogP contribution in [0.1, 0.15) is 29.5 Å². The fourth-order valence-corrected chi connectivity index (χ4v) is 3.94. The predicted molar refractivity (Wildman–Crippen MR) is 116 cm³/mol. The fourth-order valence-electron chi connectivity index (χ4n) is 3.24. The number of rotatable bonds is 6. The van der Waals surface area contributed by atoms with Crippen LogP contribution < -0.4 is 15.5 Å². The summed E-state index contributed by atoms with van der Waals surface area (Å²) < 4.78 is 0. The molecule has 0 radical (unpaired) electrons. The van der Waals surface area contributed by atoms with Gasteiger partial charge in [0.15, 0.2) is 5.96 Å². The van der Waals surface area contributed by atoms with Gasteiger partial charge in [-0.1, -0.05) is 18.2 Å². The molecule has 6 heteroatoms. The smallest absolute Gasteiger partial charge is 0.191 e. The molecule has 0 aliphatic carbocycles. The lowest BCUT2D eigenvalue weighted by Crippen LogP contribution is -2.36. The molecule has 0 atom stereocenters. The molecule has 1 aromatic heterocycles. The van der Waals surface area contributed by atoms with Crippen LogP contribution in [0.25, 0.3) is 0 Å². The predicted octanol–water partition coefficient (Wildman–Crippen LogP) is 3.58. The zero-order valence-electron chi connectivity index (χ0n) is 16.5. The van der Waals surface area contributed by atoms with Crippen molar-refractivity contribution in [3.8, 4) is 0 Å². The van der Waals surface area contributed by atoms with E-state index in [1.54, 1.807) is 18.8 Å². The van der Waals surface area contributed by atoms with Gasteiger partial charge in [-0.05, 0) is 54.8 Å². The molecule has 0 bridgehead atoms. The van der Waals surface area contributed by atoms with E-state index >= 15 is 0 Å². The van der Waals surface area contributed by atoms with E-state index in [0.29, 0.717) is 6.54 Å². The highest BCUT2D eigenvalue weighted by atomic mass is 32.2. The van der Waals surface area contributed by atoms with Gasteiger partial charge in [-0.2, -0.15) is 0 Å². The van der Waals surface area contributed by atoms with Gasteiger partial charge in [0.2, 0.25) is 0 Å². The lowest BCUT2D eigenvalue weighted by molar-refractivity contribution is 0.798. The van der Waals surface area contributed by atoms with Gasteiger partial charge in [0.1, 0.15) is 5.82 Å². The van der Waals surface area contributed by atoms with Crippen LogP contribution in [-0.2, 0) is 13.1 Å². The van der Waals surface area contributed by atoms with Crippen molar-refractivity contribution >= 4 is 23.5 Å².